The Bertz CT molecular complexity index is 4820. The molecule has 2 atom stereocenters. The molecule has 113 heavy (non-hydrogen) atoms. The maximum Gasteiger partial charge on any atom is 0.327 e. The van der Waals surface area contributed by atoms with Gasteiger partial charge in [0.15, 0.2) is 0 Å². The van der Waals surface area contributed by atoms with Crippen LogP contribution in [0.2, 0.25) is 17.4 Å². The third kappa shape index (κ3) is 25.4. The molecule has 15 heteroatoms. The van der Waals surface area contributed by atoms with Crippen molar-refractivity contribution in [3.8, 4) is 0 Å². The Balaban J connectivity index is 0.000000153. The van der Waals surface area contributed by atoms with Crippen LogP contribution in [0.15, 0.2) is 355 Å². The molecule has 0 aromatic heterocycles. The van der Waals surface area contributed by atoms with E-state index in [2.05, 4.69) is 125 Å². The molecule has 0 radical (unpaired) electrons. The molecule has 12 aromatic carbocycles. The second-order valence-electron chi connectivity index (χ2n) is 28.4. The van der Waals surface area contributed by atoms with Crippen molar-refractivity contribution in [1.29, 1.82) is 0 Å². The SMILES string of the molecule is CCOC(=O)CN=C(c1ccccc1)c1ccccc1.Cl.NC(Cc1ccccc1)C(=O)N1Cc2ccccc2C1.O=C(C(Cc1ccccc1)N=C(c1ccccc1)c1ccccc1)N1Cc2ccccc2C1.O=C(CN=C(c1ccccc1)c1ccccc1)N1Cc2ccccc2C1.[CH3][Al]([CH3])[CH3].c1ccc2c(c1)CNC2. The number of carbonyl (C=O) groups excluding carboxylic acids is 4. The molecule has 0 spiro atoms. The number of amides is 3. The van der Waals surface area contributed by atoms with Crippen LogP contribution in [0.4, 0.5) is 0 Å². The fourth-order valence-electron chi connectivity index (χ4n) is 13.5. The summed E-state index contributed by atoms with van der Waals surface area (Å²) in [7, 11) is 0. The maximum atomic E-state index is 13.8. The van der Waals surface area contributed by atoms with Crippen molar-refractivity contribution in [3.05, 3.63) is 429 Å². The third-order valence-corrected chi connectivity index (χ3v) is 19.0. The van der Waals surface area contributed by atoms with Crippen LogP contribution in [0.1, 0.15) is 95.9 Å². The number of fused-ring (bicyclic) bond motifs is 4. The number of ether oxygens (including phenoxy) is 1. The van der Waals surface area contributed by atoms with Crippen molar-refractivity contribution in [2.45, 2.75) is 102 Å². The van der Waals surface area contributed by atoms with E-state index in [1.807, 2.05) is 257 Å². The number of hydrogen-bond acceptors (Lipinski definition) is 10. The second kappa shape index (κ2) is 44.3. The number of hydrogen-bond donors (Lipinski definition) is 2. The summed E-state index contributed by atoms with van der Waals surface area (Å²) in [6, 6.07) is 112. The number of nitrogens with two attached hydrogens (primary N) is 1. The van der Waals surface area contributed by atoms with Gasteiger partial charge in [-0.05, 0) is 69.0 Å². The van der Waals surface area contributed by atoms with Crippen molar-refractivity contribution >= 4 is 67.4 Å². The standard InChI is InChI=1S/C30H26N2O.C23H20N2O.C17H18N2O.C17H17NO2.C8H9N.3CH3.Al.ClH/c33-30(32-21-26-18-10-11-19-27(26)22-32)28(20-23-12-4-1-5-13-23)31-29(24-14-6-2-7-15-24)25-16-8-3-9-17-25;26-22(25-16-20-13-7-8-14-21(20)17-25)15-24-23(18-9-3-1-4-10-18)19-11-5-2-6-12-19;18-16(10-13-6-2-1-3-7-13)17(20)19-11-14-8-4-5-9-15(14)12-19;1-2-20-16(19)13-18-17(14-9-5-3-6-10-14)15-11-7-4-8-12-15;1-2-4-8-6-9-5-7(8)3-1;;;;;/h1-19,28H,20-22H2;1-14H,15-17H2;1-9,16H,10-12,18H2;3-12H,2,13H2,1H3;1-4,9H,5-6H2;3*1H3;;1H. The molecule has 13 nitrogen and oxygen atoms in total. The van der Waals surface area contributed by atoms with Gasteiger partial charge in [-0.1, -0.05) is 340 Å². The summed E-state index contributed by atoms with van der Waals surface area (Å²) in [5.41, 5.74) is 27.1. The average molecular weight is 1530 g/mol. The number of nitrogens with zero attached hydrogens (tertiary/aromatic N) is 6. The largest absolute Gasteiger partial charge is 0.465 e. The van der Waals surface area contributed by atoms with Gasteiger partial charge in [-0.2, -0.15) is 0 Å². The summed E-state index contributed by atoms with van der Waals surface area (Å²) in [6.07, 6.45) is 1.15. The number of carbonyl (C=O) groups is 4. The van der Waals surface area contributed by atoms with Gasteiger partial charge in [-0.3, -0.25) is 34.2 Å². The summed E-state index contributed by atoms with van der Waals surface area (Å²) in [5, 5.41) is 3.29. The third-order valence-electron chi connectivity index (χ3n) is 19.0. The number of esters is 1. The van der Waals surface area contributed by atoms with E-state index in [-0.39, 0.29) is 63.3 Å². The Hall–Kier alpha value is -11.7. The molecular weight excluding hydrogens is 1430 g/mol. The highest BCUT2D eigenvalue weighted by atomic mass is 35.5. The average Bonchev–Trinajstić information content (AvgIpc) is 1.70. The quantitative estimate of drug-likeness (QED) is 0.0491. The van der Waals surface area contributed by atoms with E-state index in [0.29, 0.717) is 58.7 Å². The minimum absolute atomic E-state index is 0. The molecule has 0 aliphatic carbocycles. The zero-order valence-corrected chi connectivity index (χ0v) is 66.9. The molecule has 4 heterocycles. The predicted octanol–water partition coefficient (Wildman–Crippen LogP) is 18.0. The minimum Gasteiger partial charge on any atom is -0.465 e. The van der Waals surface area contributed by atoms with Crippen LogP contribution in [0, 0.1) is 0 Å². The lowest BCUT2D eigenvalue weighted by Crippen LogP contribution is -2.42. The number of aliphatic imine (C=N–C) groups is 3. The zero-order valence-electron chi connectivity index (χ0n) is 65.0. The fourth-order valence-corrected chi connectivity index (χ4v) is 13.5. The number of nitrogens with one attached hydrogen (secondary N) is 1. The van der Waals surface area contributed by atoms with Gasteiger partial charge in [-0.25, -0.2) is 0 Å². The van der Waals surface area contributed by atoms with Gasteiger partial charge in [0.25, 0.3) is 14.1 Å². The van der Waals surface area contributed by atoms with Gasteiger partial charge in [0, 0.05) is 92.2 Å². The highest BCUT2D eigenvalue weighted by molar-refractivity contribution is 6.54. The van der Waals surface area contributed by atoms with Gasteiger partial charge >= 0.3 is 5.97 Å². The van der Waals surface area contributed by atoms with Gasteiger partial charge < -0.3 is 30.5 Å². The van der Waals surface area contributed by atoms with Crippen LogP contribution in [0.3, 0.4) is 0 Å². The Labute approximate surface area is 677 Å². The van der Waals surface area contributed by atoms with Crippen LogP contribution < -0.4 is 11.1 Å². The monoisotopic (exact) mass is 1530 g/mol. The summed E-state index contributed by atoms with van der Waals surface area (Å²) in [4.78, 5) is 70.4. The molecule has 0 fully saturated rings. The van der Waals surface area contributed by atoms with Crippen molar-refractivity contribution in [1.82, 2.24) is 20.0 Å². The Kier molecular flexibility index (Phi) is 32.9. The minimum atomic E-state index is -0.503. The lowest BCUT2D eigenvalue weighted by molar-refractivity contribution is -0.141. The molecule has 16 rings (SSSR count). The molecule has 0 saturated heterocycles. The molecule has 3 N–H and O–H groups in total. The topological polar surface area (TPSA) is 162 Å². The van der Waals surface area contributed by atoms with Crippen molar-refractivity contribution < 1.29 is 23.9 Å². The second-order valence-corrected chi connectivity index (χ2v) is 31.8. The van der Waals surface area contributed by atoms with Crippen molar-refractivity contribution in [2.75, 3.05) is 19.7 Å². The highest BCUT2D eigenvalue weighted by Crippen LogP contribution is 2.28. The van der Waals surface area contributed by atoms with E-state index in [9.17, 15) is 19.2 Å². The van der Waals surface area contributed by atoms with E-state index in [4.69, 9.17) is 20.5 Å². The first-order valence-electron chi connectivity index (χ1n) is 38.6. The molecule has 4 aliphatic rings. The van der Waals surface area contributed by atoms with Crippen LogP contribution in [-0.4, -0.2) is 101 Å². The first kappa shape index (κ1) is 83.7. The Morgan fingerprint density at radius 1 is 0.363 bits per heavy atom. The highest BCUT2D eigenvalue weighted by Gasteiger charge is 2.31. The Morgan fingerprint density at radius 2 is 0.628 bits per heavy atom. The summed E-state index contributed by atoms with van der Waals surface area (Å²) < 4.78 is 4.92. The van der Waals surface area contributed by atoms with E-state index in [1.54, 1.807) is 6.92 Å². The molecule has 572 valence electrons. The molecule has 0 bridgehead atoms. The molecule has 0 saturated carbocycles. The van der Waals surface area contributed by atoms with Gasteiger partial charge in [0.05, 0.1) is 29.8 Å². The Morgan fingerprint density at radius 3 is 0.956 bits per heavy atom. The lowest BCUT2D eigenvalue weighted by Gasteiger charge is -2.22. The zero-order chi connectivity index (χ0) is 78.1. The first-order chi connectivity index (χ1) is 54.8. The summed E-state index contributed by atoms with van der Waals surface area (Å²) >= 11 is -0.139. The van der Waals surface area contributed by atoms with E-state index < -0.39 is 12.1 Å². The van der Waals surface area contributed by atoms with Crippen LogP contribution in [-0.2, 0) is 89.1 Å². The normalized spacial score (nSPS) is 12.6. The fraction of sp³-hybridized carbons (Fsp3) is 0.194. The van der Waals surface area contributed by atoms with Crippen LogP contribution >= 0.6 is 12.4 Å². The van der Waals surface area contributed by atoms with Crippen LogP contribution in [0.25, 0.3) is 0 Å². The number of halogens is 1. The van der Waals surface area contributed by atoms with Gasteiger partial charge in [-0.15, -0.1) is 29.8 Å². The van der Waals surface area contributed by atoms with E-state index in [1.165, 1.54) is 44.5 Å². The molecule has 3 amide bonds. The van der Waals surface area contributed by atoms with Crippen LogP contribution in [0.5, 0.6) is 0 Å². The van der Waals surface area contributed by atoms with Gasteiger partial charge in [0.1, 0.15) is 19.1 Å². The first-order valence-corrected chi connectivity index (χ1v) is 42.1. The maximum absolute atomic E-state index is 13.8. The number of rotatable bonds is 18. The molecule has 12 aromatic rings. The summed E-state index contributed by atoms with van der Waals surface area (Å²) in [5.74, 6) is 6.77. The molecule has 2 unspecified atom stereocenters. The molecular formula is C98H100AlClN8O5. The number of benzene rings is 12. The van der Waals surface area contributed by atoms with E-state index in [0.717, 1.165) is 74.7 Å². The van der Waals surface area contributed by atoms with Crippen molar-refractivity contribution in [2.24, 2.45) is 20.7 Å². The van der Waals surface area contributed by atoms with Gasteiger partial charge in [0.2, 0.25) is 17.7 Å². The predicted molar refractivity (Wildman–Crippen MR) is 464 cm³/mol. The van der Waals surface area contributed by atoms with E-state index >= 15 is 0 Å². The summed E-state index contributed by atoms with van der Waals surface area (Å²) in [6.45, 7) is 8.45. The van der Waals surface area contributed by atoms with Crippen molar-refractivity contribution in [3.63, 3.8) is 0 Å². The molecule has 4 aliphatic heterocycles. The lowest BCUT2D eigenvalue weighted by atomic mass is 10.00. The smallest absolute Gasteiger partial charge is 0.327 e.